The Morgan fingerprint density at radius 1 is 1.58 bits per heavy atom. The molecule has 0 radical (unpaired) electrons. The molecule has 0 aromatic heterocycles. The lowest BCUT2D eigenvalue weighted by Gasteiger charge is -2.00. The molecule has 0 saturated carbocycles. The first kappa shape index (κ1) is 8.57. The first-order valence-corrected chi connectivity index (χ1v) is 3.45. The van der Waals surface area contributed by atoms with E-state index < -0.39 is 0 Å². The number of benzene rings is 1. The summed E-state index contributed by atoms with van der Waals surface area (Å²) in [6.45, 7) is 0. The first-order valence-electron chi connectivity index (χ1n) is 3.07. The van der Waals surface area contributed by atoms with Gasteiger partial charge in [0.05, 0.1) is 11.1 Å². The fourth-order valence-corrected chi connectivity index (χ4v) is 0.975. The molecule has 0 saturated heterocycles. The van der Waals surface area contributed by atoms with Crippen LogP contribution in [-0.4, -0.2) is 11.4 Å². The zero-order chi connectivity index (χ0) is 9.14. The van der Waals surface area contributed by atoms with Crippen molar-refractivity contribution in [3.63, 3.8) is 0 Å². The van der Waals surface area contributed by atoms with Gasteiger partial charge >= 0.3 is 0 Å². The highest BCUT2D eigenvalue weighted by molar-refractivity contribution is 6.33. The van der Waals surface area contributed by atoms with Crippen molar-refractivity contribution in [3.8, 4) is 11.8 Å². The number of phenols is 1. The van der Waals surface area contributed by atoms with Crippen LogP contribution in [0.2, 0.25) is 5.02 Å². The van der Waals surface area contributed by atoms with Crippen LogP contribution in [0.1, 0.15) is 15.9 Å². The monoisotopic (exact) mass is 181 g/mol. The van der Waals surface area contributed by atoms with Crippen LogP contribution in [0.15, 0.2) is 12.1 Å². The Hall–Kier alpha value is -1.53. The number of aromatic hydroxyl groups is 1. The van der Waals surface area contributed by atoms with Crippen molar-refractivity contribution in [3.05, 3.63) is 28.3 Å². The van der Waals surface area contributed by atoms with E-state index in [9.17, 15) is 9.90 Å². The minimum absolute atomic E-state index is 0.0814. The summed E-state index contributed by atoms with van der Waals surface area (Å²) in [6.07, 6.45) is 0.475. The predicted octanol–water partition coefficient (Wildman–Crippen LogP) is 1.73. The lowest BCUT2D eigenvalue weighted by molar-refractivity contribution is 0.112. The number of hydrogen-bond acceptors (Lipinski definition) is 3. The van der Waals surface area contributed by atoms with Crippen molar-refractivity contribution < 1.29 is 9.90 Å². The number of phenolic OH excluding ortho intramolecular Hbond substituents is 1. The summed E-state index contributed by atoms with van der Waals surface area (Å²) in [5, 5.41) is 17.6. The van der Waals surface area contributed by atoms with Crippen molar-refractivity contribution in [2.75, 3.05) is 0 Å². The second-order valence-corrected chi connectivity index (χ2v) is 2.47. The van der Waals surface area contributed by atoms with Crippen LogP contribution in [0.5, 0.6) is 5.75 Å². The van der Waals surface area contributed by atoms with Crippen LogP contribution >= 0.6 is 11.6 Å². The van der Waals surface area contributed by atoms with Gasteiger partial charge in [-0.15, -0.1) is 0 Å². The van der Waals surface area contributed by atoms with Crippen molar-refractivity contribution >= 4 is 17.9 Å². The number of rotatable bonds is 1. The van der Waals surface area contributed by atoms with Crippen LogP contribution < -0.4 is 0 Å². The van der Waals surface area contributed by atoms with E-state index in [1.165, 1.54) is 12.1 Å². The number of nitrogens with zero attached hydrogens (tertiary/aromatic N) is 1. The Bertz CT molecular complexity index is 368. The molecule has 60 valence electrons. The van der Waals surface area contributed by atoms with Gasteiger partial charge in [-0.25, -0.2) is 0 Å². The summed E-state index contributed by atoms with van der Waals surface area (Å²) in [7, 11) is 0. The molecular weight excluding hydrogens is 178 g/mol. The molecule has 0 aliphatic heterocycles. The normalized spacial score (nSPS) is 9.00. The van der Waals surface area contributed by atoms with Crippen molar-refractivity contribution in [2.45, 2.75) is 0 Å². The highest BCUT2D eigenvalue weighted by atomic mass is 35.5. The smallest absolute Gasteiger partial charge is 0.153 e. The van der Waals surface area contributed by atoms with Crippen LogP contribution in [-0.2, 0) is 0 Å². The van der Waals surface area contributed by atoms with Gasteiger partial charge in [-0.3, -0.25) is 4.79 Å². The number of halogens is 1. The van der Waals surface area contributed by atoms with E-state index >= 15 is 0 Å². The van der Waals surface area contributed by atoms with E-state index in [-0.39, 0.29) is 21.9 Å². The number of carbonyl (C=O) groups is 1. The van der Waals surface area contributed by atoms with Crippen LogP contribution in [0.3, 0.4) is 0 Å². The lowest BCUT2D eigenvalue weighted by atomic mass is 10.1. The van der Waals surface area contributed by atoms with E-state index in [1.54, 1.807) is 6.07 Å². The third-order valence-corrected chi connectivity index (χ3v) is 1.78. The Morgan fingerprint density at radius 2 is 2.25 bits per heavy atom. The highest BCUT2D eigenvalue weighted by Crippen LogP contribution is 2.29. The molecule has 12 heavy (non-hydrogen) atoms. The van der Waals surface area contributed by atoms with E-state index in [4.69, 9.17) is 16.9 Å². The zero-order valence-corrected chi connectivity index (χ0v) is 6.67. The predicted molar refractivity (Wildman–Crippen MR) is 43.2 cm³/mol. The van der Waals surface area contributed by atoms with Crippen LogP contribution in [0.25, 0.3) is 0 Å². The molecule has 1 aromatic carbocycles. The van der Waals surface area contributed by atoms with Gasteiger partial charge in [0.1, 0.15) is 16.8 Å². The summed E-state index contributed by atoms with van der Waals surface area (Å²) in [6, 6.07) is 4.50. The van der Waals surface area contributed by atoms with Crippen LogP contribution in [0, 0.1) is 11.3 Å². The fraction of sp³-hybridized carbons (Fsp3) is 0. The first-order chi connectivity index (χ1) is 5.70. The highest BCUT2D eigenvalue weighted by Gasteiger charge is 2.08. The van der Waals surface area contributed by atoms with Gasteiger partial charge in [-0.05, 0) is 12.1 Å². The second-order valence-electron chi connectivity index (χ2n) is 2.09. The average molecular weight is 182 g/mol. The topological polar surface area (TPSA) is 61.1 Å². The molecule has 0 aliphatic rings. The van der Waals surface area contributed by atoms with Gasteiger partial charge in [0.25, 0.3) is 0 Å². The van der Waals surface area contributed by atoms with Crippen molar-refractivity contribution in [1.82, 2.24) is 0 Å². The number of hydrogen-bond donors (Lipinski definition) is 1. The van der Waals surface area contributed by atoms with Crippen molar-refractivity contribution in [1.29, 1.82) is 5.26 Å². The van der Waals surface area contributed by atoms with E-state index in [0.717, 1.165) is 0 Å². The molecule has 0 heterocycles. The third-order valence-electron chi connectivity index (χ3n) is 1.39. The molecule has 3 nitrogen and oxygen atoms in total. The molecule has 0 unspecified atom stereocenters. The van der Waals surface area contributed by atoms with Gasteiger partial charge in [-0.2, -0.15) is 5.26 Å². The molecule has 4 heteroatoms. The Labute approximate surface area is 73.8 Å². The molecule has 0 amide bonds. The summed E-state index contributed by atoms with van der Waals surface area (Å²) >= 11 is 5.55. The zero-order valence-electron chi connectivity index (χ0n) is 5.91. The summed E-state index contributed by atoms with van der Waals surface area (Å²) in [5.41, 5.74) is 0.235. The van der Waals surface area contributed by atoms with Gasteiger partial charge in [0.2, 0.25) is 0 Å². The summed E-state index contributed by atoms with van der Waals surface area (Å²) in [5.74, 6) is -0.342. The van der Waals surface area contributed by atoms with E-state index in [0.29, 0.717) is 6.29 Å². The summed E-state index contributed by atoms with van der Waals surface area (Å²) < 4.78 is 0. The van der Waals surface area contributed by atoms with E-state index in [1.807, 2.05) is 0 Å². The van der Waals surface area contributed by atoms with Gasteiger partial charge in [0, 0.05) is 0 Å². The standard InChI is InChI=1S/C8H4ClNO2/c9-7-5(3-10)1-2-6(4-11)8(7)12/h1-2,4,12H. The maximum absolute atomic E-state index is 10.3. The number of carbonyl (C=O) groups excluding carboxylic acids is 1. The molecule has 1 aromatic rings. The van der Waals surface area contributed by atoms with Gasteiger partial charge in [-0.1, -0.05) is 11.6 Å². The third kappa shape index (κ3) is 1.25. The Kier molecular flexibility index (Phi) is 2.32. The number of aldehydes is 1. The minimum atomic E-state index is -0.342. The molecule has 1 rings (SSSR count). The van der Waals surface area contributed by atoms with Gasteiger partial charge < -0.3 is 5.11 Å². The van der Waals surface area contributed by atoms with Crippen molar-refractivity contribution in [2.24, 2.45) is 0 Å². The Morgan fingerprint density at radius 3 is 2.75 bits per heavy atom. The number of nitriles is 1. The Balaban J connectivity index is 3.41. The molecule has 0 fully saturated rings. The van der Waals surface area contributed by atoms with Crippen LogP contribution in [0.4, 0.5) is 0 Å². The average Bonchev–Trinajstić information content (AvgIpc) is 2.10. The van der Waals surface area contributed by atoms with E-state index in [2.05, 4.69) is 0 Å². The lowest BCUT2D eigenvalue weighted by Crippen LogP contribution is -1.85. The quantitative estimate of drug-likeness (QED) is 0.672. The molecule has 1 N–H and O–H groups in total. The largest absolute Gasteiger partial charge is 0.506 e. The molecule has 0 aliphatic carbocycles. The maximum atomic E-state index is 10.3. The fourth-order valence-electron chi connectivity index (χ4n) is 0.761. The molecular formula is C8H4ClNO2. The molecule has 0 spiro atoms. The molecule has 0 atom stereocenters. The van der Waals surface area contributed by atoms with Gasteiger partial charge in [0.15, 0.2) is 6.29 Å². The maximum Gasteiger partial charge on any atom is 0.153 e. The molecule has 0 bridgehead atoms. The minimum Gasteiger partial charge on any atom is -0.506 e. The SMILES string of the molecule is N#Cc1ccc(C=O)c(O)c1Cl. The summed E-state index contributed by atoms with van der Waals surface area (Å²) in [4.78, 5) is 10.3. The second kappa shape index (κ2) is 3.24.